The van der Waals surface area contributed by atoms with Crippen molar-refractivity contribution in [3.05, 3.63) is 209 Å². The predicted molar refractivity (Wildman–Crippen MR) is 284 cm³/mol. The lowest BCUT2D eigenvalue weighted by atomic mass is 9.33. The lowest BCUT2D eigenvalue weighted by Gasteiger charge is -2.67. The van der Waals surface area contributed by atoms with Crippen LogP contribution in [0, 0.1) is 44.4 Å². The van der Waals surface area contributed by atoms with E-state index in [-0.39, 0.29) is 12.1 Å². The highest BCUT2D eigenvalue weighted by atomic mass is 32.2. The Morgan fingerprint density at radius 3 is 1.87 bits per heavy atom. The minimum atomic E-state index is -0.0277. The molecular formula is C62H52BN3S. The Balaban J connectivity index is 0.993. The Hall–Kier alpha value is -6.69. The van der Waals surface area contributed by atoms with Gasteiger partial charge < -0.3 is 14.7 Å². The molecule has 0 bridgehead atoms. The molecular weight excluding hydrogens is 830 g/mol. The van der Waals surface area contributed by atoms with E-state index in [1.807, 2.05) is 11.8 Å². The number of benzene rings is 8. The van der Waals surface area contributed by atoms with E-state index in [4.69, 9.17) is 0 Å². The van der Waals surface area contributed by atoms with Crippen molar-refractivity contribution >= 4 is 86.0 Å². The van der Waals surface area contributed by atoms with E-state index < -0.39 is 0 Å². The molecule has 0 aromatic heterocycles. The predicted octanol–water partition coefficient (Wildman–Crippen LogP) is 14.4. The monoisotopic (exact) mass is 881 g/mol. The first-order chi connectivity index (χ1) is 32.8. The first kappa shape index (κ1) is 39.5. The van der Waals surface area contributed by atoms with Crippen LogP contribution in [0.3, 0.4) is 0 Å². The molecule has 0 radical (unpaired) electrons. The van der Waals surface area contributed by atoms with Crippen LogP contribution in [0.4, 0.5) is 51.2 Å². The summed E-state index contributed by atoms with van der Waals surface area (Å²) in [5, 5.41) is 0. The average Bonchev–Trinajstić information content (AvgIpc) is 3.64. The molecule has 5 atom stereocenters. The fraction of sp³-hybridized carbons (Fsp3) is 0.194. The Bertz CT molecular complexity index is 3350. The summed E-state index contributed by atoms with van der Waals surface area (Å²) in [4.78, 5) is 8.86. The largest absolute Gasteiger partial charge is 0.311 e. The van der Waals surface area contributed by atoms with Gasteiger partial charge in [0.2, 0.25) is 0 Å². The summed E-state index contributed by atoms with van der Waals surface area (Å²) in [5.41, 5.74) is 26.1. The zero-order chi connectivity index (χ0) is 44.9. The number of rotatable bonds is 6. The number of fused-ring (bicyclic) bond motifs is 11. The van der Waals surface area contributed by atoms with E-state index >= 15 is 0 Å². The molecule has 8 aromatic rings. The zero-order valence-electron chi connectivity index (χ0n) is 38.8. The highest BCUT2D eigenvalue weighted by Gasteiger charge is 2.69. The van der Waals surface area contributed by atoms with Gasteiger partial charge in [-0.1, -0.05) is 126 Å². The minimum Gasteiger partial charge on any atom is -0.311 e. The number of hydrogen-bond donors (Lipinski definition) is 0. The molecule has 67 heavy (non-hydrogen) atoms. The number of anilines is 9. The standard InChI is InChI=1S/C62H52BN3S/c1-37-14-20-42(21-15-37)64(43-22-16-38(2)17-23-43)46-27-29-55-57(34-46)65(44-24-18-39(3)19-25-44)58-35-47(67-5)36-59-61(58)63(55)54-12-8-9-13-56(54)66(59)45-26-28-49-48-10-6-7-11-50(48)62(51(49)33-45)52-31-40(4)30-41-32-53(62)60(41)52/h6-29,32-36,40-41,52,60H,30-31H2,1-5H3. The smallest absolute Gasteiger partial charge is 0.252 e. The summed E-state index contributed by atoms with van der Waals surface area (Å²) in [5.74, 6) is 2.90. The summed E-state index contributed by atoms with van der Waals surface area (Å²) in [6.07, 6.45) is 7.57. The quantitative estimate of drug-likeness (QED) is 0.0935. The average molecular weight is 882 g/mol. The third-order valence-electron chi connectivity index (χ3n) is 16.6. The SMILES string of the molecule is CSc1cc2c3c(c1)N(c1ccc(C)cc1)c1cc(N(c4ccc(C)cc4)c4ccc(C)cc4)ccc1B3c1ccccc1N2c1ccc2c(c1)C1(C3=CC4CC(C)CC1C34)c1ccccc1-2. The molecule has 324 valence electrons. The fourth-order valence-corrected chi connectivity index (χ4v) is 14.2. The van der Waals surface area contributed by atoms with Crippen molar-refractivity contribution in [2.75, 3.05) is 21.0 Å². The molecule has 5 heteroatoms. The van der Waals surface area contributed by atoms with Crippen molar-refractivity contribution in [3.8, 4) is 11.1 Å². The van der Waals surface area contributed by atoms with Crippen molar-refractivity contribution in [2.45, 2.75) is 50.8 Å². The second kappa shape index (κ2) is 14.4. The molecule has 0 N–H and O–H groups in total. The van der Waals surface area contributed by atoms with Crippen LogP contribution in [-0.2, 0) is 5.41 Å². The van der Waals surface area contributed by atoms with E-state index in [1.54, 1.807) is 5.57 Å². The van der Waals surface area contributed by atoms with Crippen molar-refractivity contribution in [1.82, 2.24) is 0 Å². The number of para-hydroxylation sites is 1. The van der Waals surface area contributed by atoms with Gasteiger partial charge in [0.15, 0.2) is 0 Å². The second-order valence-electron chi connectivity index (χ2n) is 20.4. The normalized spacial score (nSPS) is 21.8. The number of nitrogens with zero attached hydrogens (tertiary/aromatic N) is 3. The van der Waals surface area contributed by atoms with Gasteiger partial charge in [-0.2, -0.15) is 0 Å². The molecule has 3 nitrogen and oxygen atoms in total. The van der Waals surface area contributed by atoms with Gasteiger partial charge in [-0.25, -0.2) is 0 Å². The van der Waals surface area contributed by atoms with Crippen molar-refractivity contribution in [1.29, 1.82) is 0 Å². The van der Waals surface area contributed by atoms with E-state index in [0.29, 0.717) is 5.92 Å². The van der Waals surface area contributed by atoms with Crippen LogP contribution in [0.25, 0.3) is 11.1 Å². The highest BCUT2D eigenvalue weighted by molar-refractivity contribution is 7.98. The summed E-state index contributed by atoms with van der Waals surface area (Å²) in [7, 11) is 0. The highest BCUT2D eigenvalue weighted by Crippen LogP contribution is 2.75. The molecule has 0 amide bonds. The molecule has 2 heterocycles. The Morgan fingerprint density at radius 2 is 1.15 bits per heavy atom. The molecule has 4 aliphatic carbocycles. The van der Waals surface area contributed by atoms with Crippen LogP contribution < -0.4 is 31.1 Å². The summed E-state index contributed by atoms with van der Waals surface area (Å²) < 4.78 is 0. The van der Waals surface area contributed by atoms with Gasteiger partial charge in [-0.05, 0) is 181 Å². The Labute approximate surface area is 399 Å². The fourth-order valence-electron chi connectivity index (χ4n) is 13.8. The molecule has 6 aliphatic rings. The van der Waals surface area contributed by atoms with Gasteiger partial charge in [-0.15, -0.1) is 11.8 Å². The van der Waals surface area contributed by atoms with Gasteiger partial charge in [0.1, 0.15) is 0 Å². The van der Waals surface area contributed by atoms with Gasteiger partial charge >= 0.3 is 0 Å². The number of aryl methyl sites for hydroxylation is 3. The van der Waals surface area contributed by atoms with Crippen molar-refractivity contribution in [3.63, 3.8) is 0 Å². The first-order valence-electron chi connectivity index (χ1n) is 24.3. The molecule has 2 fully saturated rings. The van der Waals surface area contributed by atoms with Crippen molar-refractivity contribution < 1.29 is 0 Å². The molecule has 2 aliphatic heterocycles. The summed E-state index contributed by atoms with van der Waals surface area (Å²) in [6.45, 7) is 9.04. The van der Waals surface area contributed by atoms with Crippen LogP contribution in [0.1, 0.15) is 47.6 Å². The second-order valence-corrected chi connectivity index (χ2v) is 21.3. The van der Waals surface area contributed by atoms with Crippen LogP contribution in [0.2, 0.25) is 0 Å². The lowest BCUT2D eigenvalue weighted by molar-refractivity contribution is 0.0147. The summed E-state index contributed by atoms with van der Waals surface area (Å²) >= 11 is 1.83. The third kappa shape index (κ3) is 5.44. The molecule has 2 saturated carbocycles. The number of allylic oxidation sites excluding steroid dienone is 2. The maximum Gasteiger partial charge on any atom is 0.252 e. The topological polar surface area (TPSA) is 9.72 Å². The zero-order valence-corrected chi connectivity index (χ0v) is 39.6. The summed E-state index contributed by atoms with van der Waals surface area (Å²) in [6, 6.07) is 65.4. The van der Waals surface area contributed by atoms with Crippen LogP contribution in [-0.4, -0.2) is 13.0 Å². The van der Waals surface area contributed by atoms with Crippen LogP contribution in [0.15, 0.2) is 186 Å². The molecule has 1 spiro atoms. The molecule has 0 saturated heterocycles. The van der Waals surface area contributed by atoms with E-state index in [2.05, 4.69) is 225 Å². The minimum absolute atomic E-state index is 0.0277. The maximum atomic E-state index is 2.69. The van der Waals surface area contributed by atoms with Crippen LogP contribution in [0.5, 0.6) is 0 Å². The van der Waals surface area contributed by atoms with E-state index in [9.17, 15) is 0 Å². The number of hydrogen-bond acceptors (Lipinski definition) is 4. The van der Waals surface area contributed by atoms with Gasteiger partial charge in [0.25, 0.3) is 6.71 Å². The first-order valence-corrected chi connectivity index (χ1v) is 25.5. The van der Waals surface area contributed by atoms with Crippen LogP contribution >= 0.6 is 11.8 Å². The maximum absolute atomic E-state index is 2.69. The Kier molecular flexibility index (Phi) is 8.49. The third-order valence-corrected chi connectivity index (χ3v) is 17.3. The molecule has 5 unspecified atom stereocenters. The van der Waals surface area contributed by atoms with E-state index in [1.165, 1.54) is 102 Å². The molecule has 8 aromatic carbocycles. The van der Waals surface area contributed by atoms with E-state index in [0.717, 1.165) is 40.5 Å². The molecule has 14 rings (SSSR count). The van der Waals surface area contributed by atoms with Crippen molar-refractivity contribution in [2.24, 2.45) is 23.7 Å². The Morgan fingerprint density at radius 1 is 0.552 bits per heavy atom. The van der Waals surface area contributed by atoms with Gasteiger partial charge in [0, 0.05) is 61.5 Å². The number of thioether (sulfide) groups is 1. The van der Waals surface area contributed by atoms with Gasteiger partial charge in [-0.3, -0.25) is 0 Å². The lowest BCUT2D eigenvalue weighted by Crippen LogP contribution is -2.63. The van der Waals surface area contributed by atoms with Gasteiger partial charge in [0.05, 0.1) is 0 Å².